The predicted octanol–water partition coefficient (Wildman–Crippen LogP) is 1.53. The number of carbonyl (C=O) groups is 3. The van der Waals surface area contributed by atoms with Crippen molar-refractivity contribution in [3.05, 3.63) is 59.2 Å². The van der Waals surface area contributed by atoms with Gasteiger partial charge in [0.25, 0.3) is 5.91 Å². The lowest BCUT2D eigenvalue weighted by atomic mass is 10.0. The molecule has 3 aliphatic heterocycles. The van der Waals surface area contributed by atoms with Crippen LogP contribution < -0.4 is 15.2 Å². The number of nitrogens with one attached hydrogen (secondary N) is 1. The number of imide groups is 1. The number of benzene rings is 2. The number of rotatable bonds is 7. The number of nitrogens with two attached hydrogens (primary N) is 1. The summed E-state index contributed by atoms with van der Waals surface area (Å²) in [6, 6.07) is 11.6. The number of primary sulfonamides is 1. The second kappa shape index (κ2) is 10.2. The van der Waals surface area contributed by atoms with Crippen LogP contribution in [-0.2, 0) is 32.7 Å². The number of amides is 3. The molecule has 2 aromatic carbocycles. The van der Waals surface area contributed by atoms with Gasteiger partial charge in [-0.25, -0.2) is 13.6 Å². The summed E-state index contributed by atoms with van der Waals surface area (Å²) < 4.78 is 29.2. The van der Waals surface area contributed by atoms with E-state index in [0.29, 0.717) is 37.4 Å². The highest BCUT2D eigenvalue weighted by Crippen LogP contribution is 2.30. The molecule has 2 saturated heterocycles. The zero-order valence-corrected chi connectivity index (χ0v) is 21.2. The van der Waals surface area contributed by atoms with Crippen molar-refractivity contribution in [3.8, 4) is 5.75 Å². The van der Waals surface area contributed by atoms with Gasteiger partial charge in [0.2, 0.25) is 21.8 Å². The average molecular weight is 527 g/mol. The van der Waals surface area contributed by atoms with Gasteiger partial charge in [-0.15, -0.1) is 0 Å². The molecular weight excluding hydrogens is 496 g/mol. The van der Waals surface area contributed by atoms with Crippen molar-refractivity contribution < 1.29 is 27.5 Å². The lowest BCUT2D eigenvalue weighted by Crippen LogP contribution is -2.52. The Balaban J connectivity index is 1.22. The largest absolute Gasteiger partial charge is 0.492 e. The monoisotopic (exact) mass is 526 g/mol. The van der Waals surface area contributed by atoms with Crippen LogP contribution in [-0.4, -0.2) is 61.2 Å². The van der Waals surface area contributed by atoms with Gasteiger partial charge in [-0.2, -0.15) is 0 Å². The fraction of sp³-hybridized carbons (Fsp3) is 0.423. The molecule has 37 heavy (non-hydrogen) atoms. The number of fused-ring (bicyclic) bond motifs is 1. The molecule has 11 heteroatoms. The second-order valence-corrected chi connectivity index (χ2v) is 11.4. The first kappa shape index (κ1) is 25.4. The molecule has 0 radical (unpaired) electrons. The first-order valence-corrected chi connectivity index (χ1v) is 14.0. The highest BCUT2D eigenvalue weighted by atomic mass is 32.2. The molecule has 0 saturated carbocycles. The van der Waals surface area contributed by atoms with Crippen LogP contribution in [0.5, 0.6) is 5.75 Å². The maximum Gasteiger partial charge on any atom is 0.255 e. The van der Waals surface area contributed by atoms with E-state index in [2.05, 4.69) is 10.2 Å². The van der Waals surface area contributed by atoms with Crippen LogP contribution in [0.4, 0.5) is 0 Å². The average Bonchev–Trinajstić information content (AvgIpc) is 3.18. The number of piperidine rings is 2. The van der Waals surface area contributed by atoms with Crippen molar-refractivity contribution in [2.75, 3.05) is 13.2 Å². The summed E-state index contributed by atoms with van der Waals surface area (Å²) >= 11 is 0. The molecule has 2 atom stereocenters. The van der Waals surface area contributed by atoms with Gasteiger partial charge in [0.15, 0.2) is 0 Å². The van der Waals surface area contributed by atoms with Crippen LogP contribution in [0.3, 0.4) is 0 Å². The standard InChI is InChI=1S/C26H30N4O6S/c27-37(34,35)21-7-4-17(5-8-21)14-29-12-2-1-3-19(29)16-36-20-6-9-22-18(13-20)15-30(26(22)33)23-10-11-24(31)28-25(23)32/h4-9,13,19,23H,1-3,10-12,14-16H2,(H2,27,34,35)(H,28,31,32)/t19-,23?/m0/s1. The van der Waals surface area contributed by atoms with Gasteiger partial charge in [0.1, 0.15) is 18.4 Å². The minimum absolute atomic E-state index is 0.0982. The molecular formula is C26H30N4O6S. The van der Waals surface area contributed by atoms with E-state index >= 15 is 0 Å². The first-order valence-electron chi connectivity index (χ1n) is 12.5. The van der Waals surface area contributed by atoms with Crippen molar-refractivity contribution in [2.45, 2.75) is 62.2 Å². The molecule has 0 spiro atoms. The minimum atomic E-state index is -3.72. The Morgan fingerprint density at radius 3 is 2.54 bits per heavy atom. The maximum absolute atomic E-state index is 12.9. The molecule has 5 rings (SSSR count). The Bertz CT molecular complexity index is 1330. The molecule has 10 nitrogen and oxygen atoms in total. The lowest BCUT2D eigenvalue weighted by Gasteiger charge is -2.35. The van der Waals surface area contributed by atoms with Crippen molar-refractivity contribution in [2.24, 2.45) is 5.14 Å². The van der Waals surface area contributed by atoms with E-state index in [1.54, 1.807) is 24.3 Å². The van der Waals surface area contributed by atoms with E-state index in [1.165, 1.54) is 17.0 Å². The molecule has 3 N–H and O–H groups in total. The van der Waals surface area contributed by atoms with E-state index in [0.717, 1.165) is 36.9 Å². The number of nitrogens with zero attached hydrogens (tertiary/aromatic N) is 2. The van der Waals surface area contributed by atoms with Crippen LogP contribution in [0.1, 0.15) is 53.6 Å². The van der Waals surface area contributed by atoms with Crippen LogP contribution in [0.15, 0.2) is 47.4 Å². The third-order valence-electron chi connectivity index (χ3n) is 7.32. The van der Waals surface area contributed by atoms with Crippen LogP contribution in [0.2, 0.25) is 0 Å². The van der Waals surface area contributed by atoms with E-state index in [4.69, 9.17) is 9.88 Å². The molecule has 196 valence electrons. The molecule has 3 amide bonds. The third kappa shape index (κ3) is 5.53. The Labute approximate surface area is 215 Å². The Morgan fingerprint density at radius 1 is 1.03 bits per heavy atom. The Morgan fingerprint density at radius 2 is 1.81 bits per heavy atom. The normalized spacial score (nSPS) is 22.6. The molecule has 0 aromatic heterocycles. The first-order chi connectivity index (χ1) is 17.7. The van der Waals surface area contributed by atoms with Crippen molar-refractivity contribution in [1.29, 1.82) is 0 Å². The van der Waals surface area contributed by atoms with Gasteiger partial charge in [-0.1, -0.05) is 18.6 Å². The molecule has 3 aliphatic rings. The van der Waals surface area contributed by atoms with Crippen molar-refractivity contribution in [3.63, 3.8) is 0 Å². The Kier molecular flexibility index (Phi) is 7.02. The Hall–Kier alpha value is -3.28. The SMILES string of the molecule is NS(=O)(=O)c1ccc(CN2CCCC[C@H]2COc2ccc3c(c2)CN(C2CCC(=O)NC2=O)C3=O)cc1. The molecule has 0 aliphatic carbocycles. The minimum Gasteiger partial charge on any atom is -0.492 e. The van der Waals surface area contributed by atoms with Crippen molar-refractivity contribution in [1.82, 2.24) is 15.1 Å². The lowest BCUT2D eigenvalue weighted by molar-refractivity contribution is -0.136. The quantitative estimate of drug-likeness (QED) is 0.522. The van der Waals surface area contributed by atoms with E-state index < -0.39 is 22.0 Å². The zero-order chi connectivity index (χ0) is 26.2. The number of hydrogen-bond donors (Lipinski definition) is 2. The molecule has 1 unspecified atom stereocenters. The summed E-state index contributed by atoms with van der Waals surface area (Å²) in [7, 11) is -3.72. The van der Waals surface area contributed by atoms with Gasteiger partial charge in [-0.3, -0.25) is 24.6 Å². The highest BCUT2D eigenvalue weighted by Gasteiger charge is 2.39. The molecule has 0 bridgehead atoms. The summed E-state index contributed by atoms with van der Waals surface area (Å²) in [5.41, 5.74) is 2.37. The number of likely N-dealkylation sites (tertiary alicyclic amines) is 1. The van der Waals surface area contributed by atoms with Crippen LogP contribution in [0.25, 0.3) is 0 Å². The predicted molar refractivity (Wildman–Crippen MR) is 134 cm³/mol. The topological polar surface area (TPSA) is 139 Å². The summed E-state index contributed by atoms with van der Waals surface area (Å²) in [5.74, 6) is -0.272. The van der Waals surface area contributed by atoms with Gasteiger partial charge in [0.05, 0.1) is 4.90 Å². The number of sulfonamides is 1. The number of ether oxygens (including phenoxy) is 1. The van der Waals surface area contributed by atoms with E-state index in [9.17, 15) is 22.8 Å². The van der Waals surface area contributed by atoms with Crippen LogP contribution >= 0.6 is 0 Å². The zero-order valence-electron chi connectivity index (χ0n) is 20.4. The summed E-state index contributed by atoms with van der Waals surface area (Å²) in [6.45, 7) is 2.39. The third-order valence-corrected chi connectivity index (χ3v) is 8.25. The number of carbonyl (C=O) groups excluding carboxylic acids is 3. The summed E-state index contributed by atoms with van der Waals surface area (Å²) in [6.07, 6.45) is 3.73. The van der Waals surface area contributed by atoms with E-state index in [1.807, 2.05) is 6.07 Å². The highest BCUT2D eigenvalue weighted by molar-refractivity contribution is 7.89. The molecule has 2 fully saturated rings. The maximum atomic E-state index is 12.9. The molecule has 2 aromatic rings. The second-order valence-electron chi connectivity index (χ2n) is 9.84. The van der Waals surface area contributed by atoms with Gasteiger partial charge >= 0.3 is 0 Å². The van der Waals surface area contributed by atoms with Crippen molar-refractivity contribution >= 4 is 27.7 Å². The van der Waals surface area contributed by atoms with Gasteiger partial charge in [-0.05, 0) is 67.3 Å². The fourth-order valence-corrected chi connectivity index (χ4v) is 5.82. The van der Waals surface area contributed by atoms with Gasteiger partial charge in [0, 0.05) is 31.1 Å². The van der Waals surface area contributed by atoms with Gasteiger partial charge < -0.3 is 9.64 Å². The molecule has 3 heterocycles. The fourth-order valence-electron chi connectivity index (χ4n) is 5.31. The summed E-state index contributed by atoms with van der Waals surface area (Å²) in [5, 5.41) is 7.52. The summed E-state index contributed by atoms with van der Waals surface area (Å²) in [4.78, 5) is 40.6. The van der Waals surface area contributed by atoms with E-state index in [-0.39, 0.29) is 29.2 Å². The number of hydrogen-bond acceptors (Lipinski definition) is 7. The van der Waals surface area contributed by atoms with Crippen LogP contribution in [0, 0.1) is 0 Å². The smallest absolute Gasteiger partial charge is 0.255 e.